The fourth-order valence-corrected chi connectivity index (χ4v) is 2.43. The van der Waals surface area contributed by atoms with Crippen LogP contribution in [0.25, 0.3) is 0 Å². The van der Waals surface area contributed by atoms with Gasteiger partial charge in [-0.25, -0.2) is 0 Å². The minimum atomic E-state index is -0.723. The zero-order valence-electron chi connectivity index (χ0n) is 10.0. The van der Waals surface area contributed by atoms with E-state index in [1.807, 2.05) is 25.1 Å². The number of halogens is 1. The first-order chi connectivity index (χ1) is 7.92. The van der Waals surface area contributed by atoms with Gasteiger partial charge in [-0.2, -0.15) is 0 Å². The molecular formula is C13H16ClNO2. The number of rotatable bonds is 2. The maximum absolute atomic E-state index is 11.2. The molecule has 1 fully saturated rings. The number of carbonyl (C=O) groups is 1. The second kappa shape index (κ2) is 4.22. The Morgan fingerprint density at radius 2 is 2.24 bits per heavy atom. The molecule has 1 unspecified atom stereocenters. The molecule has 1 aromatic carbocycles. The number of anilines is 1. The van der Waals surface area contributed by atoms with E-state index in [2.05, 4.69) is 4.90 Å². The number of hydrogen-bond donors (Lipinski definition) is 1. The van der Waals surface area contributed by atoms with E-state index in [-0.39, 0.29) is 0 Å². The van der Waals surface area contributed by atoms with Crippen LogP contribution in [0, 0.1) is 12.3 Å². The van der Waals surface area contributed by atoms with E-state index in [4.69, 9.17) is 11.6 Å². The minimum absolute atomic E-state index is 0.545. The van der Waals surface area contributed by atoms with Gasteiger partial charge in [0.2, 0.25) is 0 Å². The third-order valence-corrected chi connectivity index (χ3v) is 3.74. The molecule has 0 saturated carbocycles. The maximum Gasteiger partial charge on any atom is 0.311 e. The number of hydrogen-bond acceptors (Lipinski definition) is 2. The highest BCUT2D eigenvalue weighted by Gasteiger charge is 2.40. The Balaban J connectivity index is 2.26. The molecule has 1 saturated heterocycles. The van der Waals surface area contributed by atoms with Crippen molar-refractivity contribution < 1.29 is 9.90 Å². The first-order valence-electron chi connectivity index (χ1n) is 5.67. The second-order valence-corrected chi connectivity index (χ2v) is 5.40. The highest BCUT2D eigenvalue weighted by atomic mass is 35.5. The van der Waals surface area contributed by atoms with Crippen LogP contribution in [-0.2, 0) is 4.79 Å². The number of aliphatic carboxylic acids is 1. The van der Waals surface area contributed by atoms with Crippen LogP contribution in [0.5, 0.6) is 0 Å². The van der Waals surface area contributed by atoms with Crippen molar-refractivity contribution >= 4 is 23.3 Å². The summed E-state index contributed by atoms with van der Waals surface area (Å²) in [5.74, 6) is -0.723. The van der Waals surface area contributed by atoms with E-state index in [0.717, 1.165) is 17.8 Å². The van der Waals surface area contributed by atoms with Gasteiger partial charge in [0.25, 0.3) is 0 Å². The van der Waals surface area contributed by atoms with Gasteiger partial charge in [0.1, 0.15) is 0 Å². The van der Waals surface area contributed by atoms with Crippen LogP contribution in [0.2, 0.25) is 5.02 Å². The lowest BCUT2D eigenvalue weighted by molar-refractivity contribution is -0.146. The third kappa shape index (κ3) is 2.25. The van der Waals surface area contributed by atoms with Crippen LogP contribution in [0.4, 0.5) is 5.69 Å². The van der Waals surface area contributed by atoms with E-state index in [0.29, 0.717) is 18.0 Å². The molecule has 92 valence electrons. The van der Waals surface area contributed by atoms with E-state index < -0.39 is 11.4 Å². The topological polar surface area (TPSA) is 40.5 Å². The lowest BCUT2D eigenvalue weighted by atomic mass is 9.90. The van der Waals surface area contributed by atoms with Gasteiger partial charge in [-0.15, -0.1) is 0 Å². The molecule has 1 heterocycles. The lowest BCUT2D eigenvalue weighted by Gasteiger charge is -2.23. The Kier molecular flexibility index (Phi) is 3.04. The van der Waals surface area contributed by atoms with Crippen molar-refractivity contribution in [2.45, 2.75) is 20.3 Å². The minimum Gasteiger partial charge on any atom is -0.481 e. The summed E-state index contributed by atoms with van der Waals surface area (Å²) in [5, 5.41) is 9.90. The van der Waals surface area contributed by atoms with Crippen molar-refractivity contribution in [3.8, 4) is 0 Å². The number of carboxylic acids is 1. The smallest absolute Gasteiger partial charge is 0.311 e. The molecule has 0 spiro atoms. The van der Waals surface area contributed by atoms with Crippen LogP contribution >= 0.6 is 11.6 Å². The number of carboxylic acid groups (broad SMARTS) is 1. The predicted octanol–water partition coefficient (Wildman–Crippen LogP) is 2.95. The van der Waals surface area contributed by atoms with Crippen LogP contribution in [0.15, 0.2) is 18.2 Å². The van der Waals surface area contributed by atoms with E-state index in [1.165, 1.54) is 0 Å². The van der Waals surface area contributed by atoms with Crippen molar-refractivity contribution in [3.05, 3.63) is 28.8 Å². The Morgan fingerprint density at radius 3 is 2.82 bits per heavy atom. The van der Waals surface area contributed by atoms with Gasteiger partial charge in [-0.1, -0.05) is 17.7 Å². The first-order valence-corrected chi connectivity index (χ1v) is 6.05. The molecule has 2 rings (SSSR count). The summed E-state index contributed by atoms with van der Waals surface area (Å²) in [6, 6.07) is 5.73. The monoisotopic (exact) mass is 253 g/mol. The lowest BCUT2D eigenvalue weighted by Crippen LogP contribution is -2.31. The van der Waals surface area contributed by atoms with Crippen molar-refractivity contribution in [3.63, 3.8) is 0 Å². The Labute approximate surface area is 106 Å². The zero-order chi connectivity index (χ0) is 12.6. The molecule has 1 aliphatic rings. The average molecular weight is 254 g/mol. The van der Waals surface area contributed by atoms with Crippen molar-refractivity contribution in [1.82, 2.24) is 0 Å². The molecule has 1 aromatic rings. The summed E-state index contributed by atoms with van der Waals surface area (Å²) < 4.78 is 0. The third-order valence-electron chi connectivity index (χ3n) is 3.50. The van der Waals surface area contributed by atoms with Crippen LogP contribution in [0.3, 0.4) is 0 Å². The number of benzene rings is 1. The molecular weight excluding hydrogens is 238 g/mol. The second-order valence-electron chi connectivity index (χ2n) is 4.97. The molecule has 1 N–H and O–H groups in total. The summed E-state index contributed by atoms with van der Waals surface area (Å²) in [5.41, 5.74) is 1.53. The number of aryl methyl sites for hydroxylation is 1. The summed E-state index contributed by atoms with van der Waals surface area (Å²) >= 11 is 5.99. The normalized spacial score (nSPS) is 24.1. The van der Waals surface area contributed by atoms with Gasteiger partial charge < -0.3 is 10.0 Å². The molecule has 17 heavy (non-hydrogen) atoms. The van der Waals surface area contributed by atoms with Crippen LogP contribution in [-0.4, -0.2) is 24.2 Å². The first kappa shape index (κ1) is 12.2. The van der Waals surface area contributed by atoms with Crippen molar-refractivity contribution in [2.24, 2.45) is 5.41 Å². The quantitative estimate of drug-likeness (QED) is 0.881. The largest absolute Gasteiger partial charge is 0.481 e. The van der Waals surface area contributed by atoms with Gasteiger partial charge in [0, 0.05) is 23.8 Å². The van der Waals surface area contributed by atoms with Crippen molar-refractivity contribution in [2.75, 3.05) is 18.0 Å². The van der Waals surface area contributed by atoms with Crippen molar-refractivity contribution in [1.29, 1.82) is 0 Å². The standard InChI is InChI=1S/C13H16ClNO2/c1-9-3-4-10(14)7-11(9)15-6-5-13(2,8-15)12(16)17/h3-4,7H,5-6,8H2,1-2H3,(H,16,17). The fraction of sp³-hybridized carbons (Fsp3) is 0.462. The summed E-state index contributed by atoms with van der Waals surface area (Å²) in [7, 11) is 0. The van der Waals surface area contributed by atoms with E-state index in [9.17, 15) is 9.90 Å². The van der Waals surface area contributed by atoms with E-state index in [1.54, 1.807) is 6.92 Å². The van der Waals surface area contributed by atoms with Crippen LogP contribution < -0.4 is 4.90 Å². The highest BCUT2D eigenvalue weighted by molar-refractivity contribution is 6.30. The molecule has 0 bridgehead atoms. The highest BCUT2D eigenvalue weighted by Crippen LogP contribution is 2.35. The molecule has 1 aliphatic heterocycles. The summed E-state index contributed by atoms with van der Waals surface area (Å²) in [4.78, 5) is 13.3. The van der Waals surface area contributed by atoms with Gasteiger partial charge >= 0.3 is 5.97 Å². The Bertz CT molecular complexity index is 461. The Hall–Kier alpha value is -1.22. The Morgan fingerprint density at radius 1 is 1.53 bits per heavy atom. The zero-order valence-corrected chi connectivity index (χ0v) is 10.8. The number of nitrogens with zero attached hydrogens (tertiary/aromatic N) is 1. The molecule has 3 nitrogen and oxygen atoms in total. The summed E-state index contributed by atoms with van der Waals surface area (Å²) in [6.45, 7) is 5.13. The van der Waals surface area contributed by atoms with Gasteiger partial charge in [0.15, 0.2) is 0 Å². The average Bonchev–Trinajstić information content (AvgIpc) is 2.66. The molecule has 1 atom stereocenters. The van der Waals surface area contributed by atoms with Crippen LogP contribution in [0.1, 0.15) is 18.9 Å². The van der Waals surface area contributed by atoms with Gasteiger partial charge in [0.05, 0.1) is 5.41 Å². The SMILES string of the molecule is Cc1ccc(Cl)cc1N1CCC(C)(C(=O)O)C1. The molecule has 0 radical (unpaired) electrons. The predicted molar refractivity (Wildman–Crippen MR) is 68.8 cm³/mol. The summed E-state index contributed by atoms with van der Waals surface area (Å²) in [6.07, 6.45) is 0.675. The maximum atomic E-state index is 11.2. The van der Waals surface area contributed by atoms with Gasteiger partial charge in [-0.3, -0.25) is 4.79 Å². The van der Waals surface area contributed by atoms with E-state index >= 15 is 0 Å². The van der Waals surface area contributed by atoms with Gasteiger partial charge in [-0.05, 0) is 38.0 Å². The fourth-order valence-electron chi connectivity index (χ4n) is 2.26. The molecule has 0 aliphatic carbocycles. The molecule has 0 amide bonds. The molecule has 4 heteroatoms. The molecule has 0 aromatic heterocycles.